The third-order valence-electron chi connectivity index (χ3n) is 3.50. The number of rotatable bonds is 6. The topological polar surface area (TPSA) is 34.2 Å². The average Bonchev–Trinajstić information content (AvgIpc) is 3.01. The van der Waals surface area contributed by atoms with Crippen molar-refractivity contribution in [2.75, 3.05) is 13.2 Å². The molecule has 0 amide bonds. The first kappa shape index (κ1) is 16.2. The van der Waals surface area contributed by atoms with Crippen molar-refractivity contribution in [3.63, 3.8) is 0 Å². The van der Waals surface area contributed by atoms with Gasteiger partial charge in [-0.3, -0.25) is 0 Å². The van der Waals surface area contributed by atoms with E-state index in [1.807, 2.05) is 24.4 Å². The number of aromatic nitrogens is 1. The summed E-state index contributed by atoms with van der Waals surface area (Å²) in [6, 6.07) is 14.3. The van der Waals surface area contributed by atoms with Gasteiger partial charge in [-0.05, 0) is 53.4 Å². The van der Waals surface area contributed by atoms with Gasteiger partial charge in [-0.1, -0.05) is 6.07 Å². The smallest absolute Gasteiger partial charge is 0.422 e. The van der Waals surface area contributed by atoms with E-state index in [9.17, 15) is 13.2 Å². The minimum absolute atomic E-state index is 0.164. The zero-order valence-electron chi connectivity index (χ0n) is 12.8. The summed E-state index contributed by atoms with van der Waals surface area (Å²) < 4.78 is 46.5. The van der Waals surface area contributed by atoms with Crippen molar-refractivity contribution < 1.29 is 22.6 Å². The summed E-state index contributed by atoms with van der Waals surface area (Å²) in [7, 11) is 0. The van der Waals surface area contributed by atoms with E-state index in [4.69, 9.17) is 4.74 Å². The van der Waals surface area contributed by atoms with Gasteiger partial charge in [0.15, 0.2) is 6.61 Å². The molecule has 0 saturated heterocycles. The van der Waals surface area contributed by atoms with Crippen LogP contribution in [0.15, 0.2) is 54.7 Å². The van der Waals surface area contributed by atoms with Crippen LogP contribution in [0.2, 0.25) is 0 Å². The third-order valence-corrected chi connectivity index (χ3v) is 3.50. The molecule has 2 aromatic carbocycles. The van der Waals surface area contributed by atoms with Crippen LogP contribution in [-0.4, -0.2) is 24.4 Å². The molecule has 0 bridgehead atoms. The van der Waals surface area contributed by atoms with Crippen LogP contribution in [0.5, 0.6) is 11.5 Å². The van der Waals surface area contributed by atoms with Gasteiger partial charge in [-0.2, -0.15) is 13.2 Å². The SMILES string of the molecule is FC(F)(F)COc1ccc(OCCc2ccc3[nH]ccc3c2)cc1. The second kappa shape index (κ2) is 6.86. The van der Waals surface area contributed by atoms with Gasteiger partial charge in [0.1, 0.15) is 11.5 Å². The van der Waals surface area contributed by atoms with Crippen molar-refractivity contribution in [3.05, 3.63) is 60.3 Å². The second-order valence-corrected chi connectivity index (χ2v) is 5.37. The van der Waals surface area contributed by atoms with E-state index in [0.717, 1.165) is 22.9 Å². The normalized spacial score (nSPS) is 11.6. The predicted octanol–water partition coefficient (Wildman–Crippen LogP) is 4.73. The molecule has 3 aromatic rings. The highest BCUT2D eigenvalue weighted by molar-refractivity contribution is 5.79. The Hall–Kier alpha value is -2.63. The van der Waals surface area contributed by atoms with Crippen LogP contribution < -0.4 is 9.47 Å². The maximum atomic E-state index is 12.1. The number of halogens is 3. The Morgan fingerprint density at radius 3 is 2.29 bits per heavy atom. The zero-order valence-corrected chi connectivity index (χ0v) is 12.8. The van der Waals surface area contributed by atoms with Gasteiger partial charge >= 0.3 is 6.18 Å². The number of nitrogens with one attached hydrogen (secondary N) is 1. The fourth-order valence-corrected chi connectivity index (χ4v) is 2.34. The van der Waals surface area contributed by atoms with Gasteiger partial charge in [0, 0.05) is 18.1 Å². The minimum Gasteiger partial charge on any atom is -0.493 e. The lowest BCUT2D eigenvalue weighted by Crippen LogP contribution is -2.19. The first-order chi connectivity index (χ1) is 11.5. The van der Waals surface area contributed by atoms with Crippen LogP contribution in [0.1, 0.15) is 5.56 Å². The number of fused-ring (bicyclic) bond motifs is 1. The Kier molecular flexibility index (Phi) is 4.64. The maximum Gasteiger partial charge on any atom is 0.422 e. The standard InChI is InChI=1S/C18H16F3NO2/c19-18(20,21)12-24-16-4-2-15(3-5-16)23-10-8-13-1-6-17-14(11-13)7-9-22-17/h1-7,9,11,22H,8,10,12H2. The summed E-state index contributed by atoms with van der Waals surface area (Å²) in [5.74, 6) is 0.759. The predicted molar refractivity (Wildman–Crippen MR) is 85.5 cm³/mol. The van der Waals surface area contributed by atoms with Crippen LogP contribution in [-0.2, 0) is 6.42 Å². The number of hydrogen-bond acceptors (Lipinski definition) is 2. The molecule has 3 nitrogen and oxygen atoms in total. The van der Waals surface area contributed by atoms with E-state index >= 15 is 0 Å². The summed E-state index contributed by atoms with van der Waals surface area (Å²) in [6.07, 6.45) is -1.70. The summed E-state index contributed by atoms with van der Waals surface area (Å²) in [6.45, 7) is -0.812. The van der Waals surface area contributed by atoms with Crippen molar-refractivity contribution in [3.8, 4) is 11.5 Å². The summed E-state index contributed by atoms with van der Waals surface area (Å²) >= 11 is 0. The highest BCUT2D eigenvalue weighted by atomic mass is 19.4. The van der Waals surface area contributed by atoms with Gasteiger partial charge in [-0.25, -0.2) is 0 Å². The summed E-state index contributed by atoms with van der Waals surface area (Å²) in [5, 5.41) is 1.15. The molecule has 1 N–H and O–H groups in total. The van der Waals surface area contributed by atoms with Crippen molar-refractivity contribution in [1.82, 2.24) is 4.98 Å². The van der Waals surface area contributed by atoms with Crippen LogP contribution in [0.3, 0.4) is 0 Å². The lowest BCUT2D eigenvalue weighted by Gasteiger charge is -2.10. The minimum atomic E-state index is -4.34. The lowest BCUT2D eigenvalue weighted by atomic mass is 10.1. The number of hydrogen-bond donors (Lipinski definition) is 1. The first-order valence-corrected chi connectivity index (χ1v) is 7.48. The third kappa shape index (κ3) is 4.44. The maximum absolute atomic E-state index is 12.1. The van der Waals surface area contributed by atoms with E-state index in [2.05, 4.69) is 15.8 Å². The highest BCUT2D eigenvalue weighted by Crippen LogP contribution is 2.21. The van der Waals surface area contributed by atoms with E-state index in [-0.39, 0.29) is 5.75 Å². The molecule has 0 aliphatic rings. The number of ether oxygens (including phenoxy) is 2. The largest absolute Gasteiger partial charge is 0.493 e. The molecule has 126 valence electrons. The fraction of sp³-hybridized carbons (Fsp3) is 0.222. The Bertz CT molecular complexity index is 794. The molecular formula is C18H16F3NO2. The lowest BCUT2D eigenvalue weighted by molar-refractivity contribution is -0.153. The van der Waals surface area contributed by atoms with Crippen LogP contribution in [0.25, 0.3) is 10.9 Å². The summed E-state index contributed by atoms with van der Waals surface area (Å²) in [4.78, 5) is 3.14. The van der Waals surface area contributed by atoms with Gasteiger partial charge in [0.25, 0.3) is 0 Å². The Morgan fingerprint density at radius 2 is 1.58 bits per heavy atom. The molecule has 3 rings (SSSR count). The fourth-order valence-electron chi connectivity index (χ4n) is 2.34. The molecule has 0 spiro atoms. The molecule has 0 fully saturated rings. The van der Waals surface area contributed by atoms with Gasteiger partial charge in [0.2, 0.25) is 0 Å². The average molecular weight is 335 g/mol. The monoisotopic (exact) mass is 335 g/mol. The molecule has 0 unspecified atom stereocenters. The molecule has 0 aliphatic carbocycles. The van der Waals surface area contributed by atoms with Crippen molar-refractivity contribution in [1.29, 1.82) is 0 Å². The van der Waals surface area contributed by atoms with Crippen molar-refractivity contribution in [2.45, 2.75) is 12.6 Å². The number of benzene rings is 2. The Labute approximate surface area is 137 Å². The molecule has 1 heterocycles. The van der Waals surface area contributed by atoms with E-state index < -0.39 is 12.8 Å². The molecule has 0 aliphatic heterocycles. The number of aromatic amines is 1. The molecular weight excluding hydrogens is 319 g/mol. The van der Waals surface area contributed by atoms with Crippen LogP contribution in [0, 0.1) is 0 Å². The Morgan fingerprint density at radius 1 is 0.875 bits per heavy atom. The summed E-state index contributed by atoms with van der Waals surface area (Å²) in [5.41, 5.74) is 2.25. The first-order valence-electron chi connectivity index (χ1n) is 7.48. The Balaban J connectivity index is 1.49. The van der Waals surface area contributed by atoms with E-state index in [1.54, 1.807) is 12.1 Å². The number of alkyl halides is 3. The molecule has 24 heavy (non-hydrogen) atoms. The van der Waals surface area contributed by atoms with Crippen LogP contribution >= 0.6 is 0 Å². The molecule has 0 saturated carbocycles. The molecule has 1 aromatic heterocycles. The van der Waals surface area contributed by atoms with E-state index in [1.165, 1.54) is 12.1 Å². The quantitative estimate of drug-likeness (QED) is 0.706. The van der Waals surface area contributed by atoms with Crippen molar-refractivity contribution in [2.24, 2.45) is 0 Å². The number of H-pyrrole nitrogens is 1. The molecule has 0 radical (unpaired) electrons. The van der Waals surface area contributed by atoms with Crippen LogP contribution in [0.4, 0.5) is 13.2 Å². The van der Waals surface area contributed by atoms with Crippen molar-refractivity contribution >= 4 is 10.9 Å². The highest BCUT2D eigenvalue weighted by Gasteiger charge is 2.28. The van der Waals surface area contributed by atoms with Gasteiger partial charge in [0.05, 0.1) is 6.61 Å². The molecule has 6 heteroatoms. The van der Waals surface area contributed by atoms with Gasteiger partial charge < -0.3 is 14.5 Å². The molecule has 0 atom stereocenters. The van der Waals surface area contributed by atoms with Gasteiger partial charge in [-0.15, -0.1) is 0 Å². The zero-order chi connectivity index (χ0) is 17.0. The van der Waals surface area contributed by atoms with E-state index in [0.29, 0.717) is 12.4 Å². The second-order valence-electron chi connectivity index (χ2n) is 5.37.